The molecule has 3 heterocycles. The van der Waals surface area contributed by atoms with Crippen LogP contribution >= 0.6 is 11.6 Å². The Labute approximate surface area is 173 Å². The van der Waals surface area contributed by atoms with E-state index >= 15 is 4.39 Å². The summed E-state index contributed by atoms with van der Waals surface area (Å²) in [5.74, 6) is -0.679. The Balaban J connectivity index is 1.90. The van der Waals surface area contributed by atoms with Gasteiger partial charge in [-0.1, -0.05) is 17.7 Å². The first-order valence-corrected chi connectivity index (χ1v) is 9.29. The number of H-pyrrole nitrogens is 2. The van der Waals surface area contributed by atoms with Crippen molar-refractivity contribution in [3.63, 3.8) is 0 Å². The molecule has 0 aliphatic heterocycles. The molecule has 0 fully saturated rings. The fourth-order valence-corrected chi connectivity index (χ4v) is 3.76. The summed E-state index contributed by atoms with van der Waals surface area (Å²) in [4.78, 5) is 19.9. The molecule has 0 aliphatic rings. The normalized spacial score (nSPS) is 11.1. The molecule has 144 valence electrons. The van der Waals surface area contributed by atoms with Crippen molar-refractivity contribution in [1.82, 2.24) is 20.2 Å². The number of benzene rings is 2. The molecule has 0 saturated heterocycles. The van der Waals surface area contributed by atoms with Gasteiger partial charge in [0.25, 0.3) is 0 Å². The highest BCUT2D eigenvalue weighted by atomic mass is 35.5. The van der Waals surface area contributed by atoms with Crippen molar-refractivity contribution in [3.8, 4) is 28.5 Å². The Morgan fingerprint density at radius 2 is 2.00 bits per heavy atom. The minimum absolute atomic E-state index is 0.0924. The number of nitrogens with one attached hydrogen (secondary N) is 2. The Hall–Kier alpha value is -4.02. The van der Waals surface area contributed by atoms with E-state index in [-0.39, 0.29) is 22.2 Å². The van der Waals surface area contributed by atoms with Crippen LogP contribution in [-0.2, 0) is 0 Å². The quantitative estimate of drug-likeness (QED) is 0.432. The molecule has 2 N–H and O–H groups in total. The summed E-state index contributed by atoms with van der Waals surface area (Å²) >= 11 is 6.40. The molecule has 0 bridgehead atoms. The van der Waals surface area contributed by atoms with Crippen LogP contribution in [-0.4, -0.2) is 20.2 Å². The Morgan fingerprint density at radius 1 is 1.13 bits per heavy atom. The highest BCUT2D eigenvalue weighted by Crippen LogP contribution is 2.37. The van der Waals surface area contributed by atoms with Gasteiger partial charge in [-0.25, -0.2) is 9.37 Å². The zero-order chi connectivity index (χ0) is 20.8. The summed E-state index contributed by atoms with van der Waals surface area (Å²) in [5, 5.41) is 17.6. The van der Waals surface area contributed by atoms with Gasteiger partial charge in [0.2, 0.25) is 0 Å². The number of rotatable bonds is 2. The largest absolute Gasteiger partial charge is 0.346 e. The molecule has 0 spiro atoms. The van der Waals surface area contributed by atoms with Crippen LogP contribution in [0.3, 0.4) is 0 Å². The van der Waals surface area contributed by atoms with Gasteiger partial charge in [-0.3, -0.25) is 9.89 Å². The molecule has 8 heteroatoms. The van der Waals surface area contributed by atoms with Gasteiger partial charge in [-0.2, -0.15) is 10.4 Å². The molecule has 0 amide bonds. The van der Waals surface area contributed by atoms with Gasteiger partial charge in [0, 0.05) is 28.8 Å². The van der Waals surface area contributed by atoms with Crippen molar-refractivity contribution in [2.75, 3.05) is 0 Å². The molecule has 0 radical (unpaired) electrons. The van der Waals surface area contributed by atoms with Crippen molar-refractivity contribution in [3.05, 3.63) is 81.5 Å². The first kappa shape index (κ1) is 18.0. The number of halogens is 2. The van der Waals surface area contributed by atoms with Crippen LogP contribution in [0.2, 0.25) is 5.02 Å². The summed E-state index contributed by atoms with van der Waals surface area (Å²) < 4.78 is 15.0. The molecule has 6 nitrogen and oxygen atoms in total. The van der Waals surface area contributed by atoms with Crippen molar-refractivity contribution in [2.45, 2.75) is 0 Å². The third kappa shape index (κ3) is 2.74. The van der Waals surface area contributed by atoms with Crippen LogP contribution in [0.4, 0.5) is 4.39 Å². The van der Waals surface area contributed by atoms with Crippen molar-refractivity contribution in [2.24, 2.45) is 0 Å². The van der Waals surface area contributed by atoms with Crippen LogP contribution in [0.1, 0.15) is 5.56 Å². The van der Waals surface area contributed by atoms with Gasteiger partial charge < -0.3 is 4.98 Å². The second-order valence-electron chi connectivity index (χ2n) is 6.69. The average molecular weight is 416 g/mol. The maximum absolute atomic E-state index is 15.0. The molecular weight excluding hydrogens is 405 g/mol. The van der Waals surface area contributed by atoms with E-state index in [0.29, 0.717) is 32.7 Å². The number of nitriles is 1. The lowest BCUT2D eigenvalue weighted by Crippen LogP contribution is -2.04. The molecular formula is C22H11ClFN5O. The van der Waals surface area contributed by atoms with E-state index in [1.165, 1.54) is 18.3 Å². The standard InChI is InChI=1S/C22H11ClFN5O/c23-17-7-12(6-13-10-27-29-20(13)17)15-8-16-18(30)4-5-26-22(16)28-21(15)14-3-1-2-11(9-25)19(14)24/h1-8,10H,(H,27,29)(H,26,28,30). The van der Waals surface area contributed by atoms with E-state index in [0.717, 1.165) is 5.39 Å². The van der Waals surface area contributed by atoms with Crippen molar-refractivity contribution < 1.29 is 4.39 Å². The molecule has 0 unspecified atom stereocenters. The lowest BCUT2D eigenvalue weighted by molar-refractivity contribution is 0.627. The summed E-state index contributed by atoms with van der Waals surface area (Å²) in [5.41, 5.74) is 2.28. The first-order chi connectivity index (χ1) is 14.6. The Kier molecular flexibility index (Phi) is 4.09. The van der Waals surface area contributed by atoms with Crippen molar-refractivity contribution in [1.29, 1.82) is 5.26 Å². The number of hydrogen-bond donors (Lipinski definition) is 2. The zero-order valence-electron chi connectivity index (χ0n) is 15.2. The van der Waals surface area contributed by atoms with Gasteiger partial charge in [-0.05, 0) is 35.9 Å². The smallest absolute Gasteiger partial charge is 0.191 e. The van der Waals surface area contributed by atoms with Gasteiger partial charge >= 0.3 is 0 Å². The minimum Gasteiger partial charge on any atom is -0.346 e. The predicted octanol–water partition coefficient (Wildman–Crippen LogP) is 4.80. The van der Waals surface area contributed by atoms with Crippen LogP contribution in [0.5, 0.6) is 0 Å². The Morgan fingerprint density at radius 3 is 2.83 bits per heavy atom. The second-order valence-corrected chi connectivity index (χ2v) is 7.10. The highest BCUT2D eigenvalue weighted by molar-refractivity contribution is 6.35. The van der Waals surface area contributed by atoms with E-state index in [9.17, 15) is 10.1 Å². The van der Waals surface area contributed by atoms with Crippen LogP contribution in [0.25, 0.3) is 44.3 Å². The Bertz CT molecular complexity index is 1560. The van der Waals surface area contributed by atoms with Gasteiger partial charge in [0.15, 0.2) is 5.43 Å². The fourth-order valence-electron chi connectivity index (χ4n) is 3.49. The van der Waals surface area contributed by atoms with Crippen LogP contribution in [0.15, 0.2) is 59.7 Å². The first-order valence-electron chi connectivity index (χ1n) is 8.91. The maximum Gasteiger partial charge on any atom is 0.191 e. The van der Waals surface area contributed by atoms with E-state index in [1.54, 1.807) is 30.5 Å². The lowest BCUT2D eigenvalue weighted by Gasteiger charge is -2.13. The SMILES string of the molecule is N#Cc1cccc(-c2nc3[nH]ccc(=O)c3cc2-c2cc(Cl)c3[nH]ncc3c2)c1F. The maximum atomic E-state index is 15.0. The molecule has 2 aromatic carbocycles. The average Bonchev–Trinajstić information content (AvgIpc) is 3.23. The summed E-state index contributed by atoms with van der Waals surface area (Å²) in [7, 11) is 0. The number of aromatic nitrogens is 4. The second kappa shape index (κ2) is 6.79. The van der Waals surface area contributed by atoms with E-state index in [2.05, 4.69) is 20.2 Å². The highest BCUT2D eigenvalue weighted by Gasteiger charge is 2.19. The summed E-state index contributed by atoms with van der Waals surface area (Å²) in [6, 6.07) is 13.0. The molecule has 0 aliphatic carbocycles. The topological polar surface area (TPSA) is 98.2 Å². The van der Waals surface area contributed by atoms with E-state index in [4.69, 9.17) is 11.6 Å². The molecule has 0 saturated carbocycles. The minimum atomic E-state index is -0.679. The molecule has 5 aromatic rings. The number of hydrogen-bond acceptors (Lipinski definition) is 4. The molecule has 30 heavy (non-hydrogen) atoms. The third-order valence-electron chi connectivity index (χ3n) is 4.93. The molecule has 0 atom stereocenters. The van der Waals surface area contributed by atoms with Gasteiger partial charge in [0.05, 0.1) is 33.4 Å². The van der Waals surface area contributed by atoms with Gasteiger partial charge in [-0.15, -0.1) is 0 Å². The summed E-state index contributed by atoms with van der Waals surface area (Å²) in [6.07, 6.45) is 3.11. The number of pyridine rings is 2. The zero-order valence-corrected chi connectivity index (χ0v) is 16.0. The molecule has 5 rings (SSSR count). The van der Waals surface area contributed by atoms with E-state index < -0.39 is 5.82 Å². The third-order valence-corrected chi connectivity index (χ3v) is 5.23. The molecule has 3 aromatic heterocycles. The lowest BCUT2D eigenvalue weighted by atomic mass is 9.96. The number of fused-ring (bicyclic) bond motifs is 2. The number of aromatic amines is 2. The van der Waals surface area contributed by atoms with Crippen LogP contribution in [0, 0.1) is 17.1 Å². The van der Waals surface area contributed by atoms with Crippen LogP contribution < -0.4 is 5.43 Å². The van der Waals surface area contributed by atoms with E-state index in [1.807, 2.05) is 12.1 Å². The number of nitrogens with zero attached hydrogens (tertiary/aromatic N) is 3. The monoisotopic (exact) mass is 415 g/mol. The van der Waals surface area contributed by atoms with Gasteiger partial charge in [0.1, 0.15) is 17.5 Å². The fraction of sp³-hybridized carbons (Fsp3) is 0. The van der Waals surface area contributed by atoms with Crippen molar-refractivity contribution >= 4 is 33.5 Å². The predicted molar refractivity (Wildman–Crippen MR) is 113 cm³/mol. The summed E-state index contributed by atoms with van der Waals surface area (Å²) in [6.45, 7) is 0.